The first-order chi connectivity index (χ1) is 7.13. The summed E-state index contributed by atoms with van der Waals surface area (Å²) in [7, 11) is 1.64. The second-order valence-electron chi connectivity index (χ2n) is 3.21. The second kappa shape index (κ2) is 5.56. The van der Waals surface area contributed by atoms with Crippen molar-refractivity contribution < 1.29 is 4.79 Å². The smallest absolute Gasteiger partial charge is 0.250 e. The summed E-state index contributed by atoms with van der Waals surface area (Å²) in [6.07, 6.45) is 2.63. The van der Waals surface area contributed by atoms with E-state index in [0.717, 1.165) is 0 Å². The van der Waals surface area contributed by atoms with Gasteiger partial charge >= 0.3 is 0 Å². The lowest BCUT2D eigenvalue weighted by molar-refractivity contribution is -0.116. The number of carbonyl (C=O) groups is 1. The Kier molecular flexibility index (Phi) is 4.37. The molecule has 1 rings (SSSR count). The first-order valence-corrected chi connectivity index (χ1v) is 5.19. The molecule has 0 radical (unpaired) electrons. The molecule has 1 heterocycles. The highest BCUT2D eigenvalue weighted by Gasteiger charge is 2.02. The number of aromatic nitrogens is 1. The van der Waals surface area contributed by atoms with E-state index < -0.39 is 0 Å². The molecule has 5 heteroatoms. The summed E-state index contributed by atoms with van der Waals surface area (Å²) in [6.45, 7) is 0. The van der Waals surface area contributed by atoms with Gasteiger partial charge < -0.3 is 9.88 Å². The fourth-order valence-electron chi connectivity index (χ4n) is 1.12. The summed E-state index contributed by atoms with van der Waals surface area (Å²) in [5, 5.41) is 2.69. The number of nitrogens with one attached hydrogen (secondary N) is 1. The van der Waals surface area contributed by atoms with Crippen LogP contribution in [0.5, 0.6) is 0 Å². The van der Waals surface area contributed by atoms with E-state index in [2.05, 4.69) is 5.32 Å². The van der Waals surface area contributed by atoms with Crippen LogP contribution in [0.3, 0.4) is 0 Å². The maximum atomic E-state index is 11.3. The van der Waals surface area contributed by atoms with E-state index in [1.165, 1.54) is 10.6 Å². The summed E-state index contributed by atoms with van der Waals surface area (Å²) in [5.74, 6) is 0.384. The zero-order chi connectivity index (χ0) is 11.3. The Hall–Kier alpha value is -1.29. The molecule has 0 bridgehead atoms. The van der Waals surface area contributed by atoms with Gasteiger partial charge in [-0.2, -0.15) is 0 Å². The van der Waals surface area contributed by atoms with Crippen molar-refractivity contribution in [3.05, 3.63) is 28.7 Å². The normalized spacial score (nSPS) is 10.0. The number of rotatable bonds is 4. The number of nitrogens with zero attached hydrogens (tertiary/aromatic N) is 1. The molecule has 0 saturated carbocycles. The van der Waals surface area contributed by atoms with E-state index in [0.29, 0.717) is 24.4 Å². The molecule has 1 aromatic heterocycles. The Morgan fingerprint density at radius 2 is 2.27 bits per heavy atom. The molecule has 0 atom stereocenters. The zero-order valence-corrected chi connectivity index (χ0v) is 9.25. The molecule has 82 valence electrons. The predicted octanol–water partition coefficient (Wildman–Crippen LogP) is 1.34. The van der Waals surface area contributed by atoms with Gasteiger partial charge in [0.05, 0.1) is 5.69 Å². The molecule has 1 aromatic rings. The number of anilines is 1. The van der Waals surface area contributed by atoms with E-state index in [-0.39, 0.29) is 11.5 Å². The van der Waals surface area contributed by atoms with Crippen molar-refractivity contribution in [1.29, 1.82) is 0 Å². The average Bonchev–Trinajstić information content (AvgIpc) is 2.20. The van der Waals surface area contributed by atoms with Crippen LogP contribution in [0.15, 0.2) is 23.1 Å². The van der Waals surface area contributed by atoms with E-state index in [9.17, 15) is 9.59 Å². The molecule has 15 heavy (non-hydrogen) atoms. The van der Waals surface area contributed by atoms with Crippen LogP contribution in [-0.4, -0.2) is 16.4 Å². The van der Waals surface area contributed by atoms with Crippen LogP contribution in [0.25, 0.3) is 0 Å². The summed E-state index contributed by atoms with van der Waals surface area (Å²) in [4.78, 5) is 22.4. The molecule has 0 aliphatic carbocycles. The quantitative estimate of drug-likeness (QED) is 0.791. The van der Waals surface area contributed by atoms with Gasteiger partial charge in [-0.1, -0.05) is 0 Å². The lowest BCUT2D eigenvalue weighted by atomic mass is 10.3. The van der Waals surface area contributed by atoms with Crippen molar-refractivity contribution in [1.82, 2.24) is 4.57 Å². The third-order valence-electron chi connectivity index (χ3n) is 1.91. The van der Waals surface area contributed by atoms with E-state index >= 15 is 0 Å². The van der Waals surface area contributed by atoms with Crippen LogP contribution >= 0.6 is 11.6 Å². The van der Waals surface area contributed by atoms with Gasteiger partial charge in [-0.05, 0) is 12.5 Å². The standard InChI is InChI=1S/C10H13ClN2O2/c1-13-7-8(4-5-10(13)15)12-9(14)3-2-6-11/h4-5,7H,2-3,6H2,1H3,(H,12,14). The third kappa shape index (κ3) is 3.75. The maximum absolute atomic E-state index is 11.3. The largest absolute Gasteiger partial charge is 0.325 e. The molecule has 0 unspecified atom stereocenters. The lowest BCUT2D eigenvalue weighted by Gasteiger charge is -2.05. The third-order valence-corrected chi connectivity index (χ3v) is 2.17. The average molecular weight is 229 g/mol. The molecule has 0 saturated heterocycles. The first-order valence-electron chi connectivity index (χ1n) is 4.66. The monoisotopic (exact) mass is 228 g/mol. The van der Waals surface area contributed by atoms with Gasteiger partial charge in [0.1, 0.15) is 0 Å². The molecular weight excluding hydrogens is 216 g/mol. The van der Waals surface area contributed by atoms with Gasteiger partial charge in [-0.25, -0.2) is 0 Å². The highest BCUT2D eigenvalue weighted by Crippen LogP contribution is 2.04. The van der Waals surface area contributed by atoms with Gasteiger partial charge in [-0.3, -0.25) is 9.59 Å². The van der Waals surface area contributed by atoms with Crippen molar-refractivity contribution >= 4 is 23.2 Å². The first kappa shape index (κ1) is 11.8. The highest BCUT2D eigenvalue weighted by molar-refractivity contribution is 6.18. The Morgan fingerprint density at radius 1 is 1.53 bits per heavy atom. The minimum Gasteiger partial charge on any atom is -0.325 e. The number of carbonyl (C=O) groups excluding carboxylic acids is 1. The van der Waals surface area contributed by atoms with Gasteiger partial charge in [0, 0.05) is 31.6 Å². The minimum absolute atomic E-state index is 0.0886. The fraction of sp³-hybridized carbons (Fsp3) is 0.400. The second-order valence-corrected chi connectivity index (χ2v) is 3.59. The van der Waals surface area contributed by atoms with Crippen molar-refractivity contribution in [3.8, 4) is 0 Å². The Morgan fingerprint density at radius 3 is 2.87 bits per heavy atom. The lowest BCUT2D eigenvalue weighted by Crippen LogP contribution is -2.17. The topological polar surface area (TPSA) is 51.1 Å². The van der Waals surface area contributed by atoms with Crippen LogP contribution in [-0.2, 0) is 11.8 Å². The SMILES string of the molecule is Cn1cc(NC(=O)CCCCl)ccc1=O. The molecule has 0 aromatic carbocycles. The number of pyridine rings is 1. The molecule has 1 N–H and O–H groups in total. The molecule has 4 nitrogen and oxygen atoms in total. The van der Waals surface area contributed by atoms with Gasteiger partial charge in [0.25, 0.3) is 0 Å². The van der Waals surface area contributed by atoms with Crippen LogP contribution < -0.4 is 10.9 Å². The zero-order valence-electron chi connectivity index (χ0n) is 8.50. The van der Waals surface area contributed by atoms with Crippen molar-refractivity contribution in [2.45, 2.75) is 12.8 Å². The Balaban J connectivity index is 2.61. The minimum atomic E-state index is -0.103. The number of aryl methyl sites for hydroxylation is 1. The highest BCUT2D eigenvalue weighted by atomic mass is 35.5. The summed E-state index contributed by atoms with van der Waals surface area (Å²) in [6, 6.07) is 3.00. The van der Waals surface area contributed by atoms with Crippen molar-refractivity contribution in [3.63, 3.8) is 0 Å². The van der Waals surface area contributed by atoms with Crippen LogP contribution in [0.2, 0.25) is 0 Å². The summed E-state index contributed by atoms with van der Waals surface area (Å²) >= 11 is 5.47. The summed E-state index contributed by atoms with van der Waals surface area (Å²) in [5.41, 5.74) is 0.519. The number of alkyl halides is 1. The molecule has 0 aliphatic rings. The molecule has 0 fully saturated rings. The van der Waals surface area contributed by atoms with Gasteiger partial charge in [0.15, 0.2) is 0 Å². The van der Waals surface area contributed by atoms with Gasteiger partial charge in [-0.15, -0.1) is 11.6 Å². The van der Waals surface area contributed by atoms with E-state index in [4.69, 9.17) is 11.6 Å². The number of halogens is 1. The van der Waals surface area contributed by atoms with E-state index in [1.807, 2.05) is 0 Å². The van der Waals surface area contributed by atoms with E-state index in [1.54, 1.807) is 19.3 Å². The number of hydrogen-bond donors (Lipinski definition) is 1. The molecular formula is C10H13ClN2O2. The predicted molar refractivity (Wildman–Crippen MR) is 60.3 cm³/mol. The molecule has 1 amide bonds. The Bertz CT molecular complexity index is 401. The van der Waals surface area contributed by atoms with Crippen molar-refractivity contribution in [2.24, 2.45) is 7.05 Å². The fourth-order valence-corrected chi connectivity index (χ4v) is 1.25. The van der Waals surface area contributed by atoms with Crippen LogP contribution in [0.1, 0.15) is 12.8 Å². The van der Waals surface area contributed by atoms with Crippen molar-refractivity contribution in [2.75, 3.05) is 11.2 Å². The van der Waals surface area contributed by atoms with Gasteiger partial charge in [0.2, 0.25) is 11.5 Å². The summed E-state index contributed by atoms with van der Waals surface area (Å²) < 4.78 is 1.41. The van der Waals surface area contributed by atoms with Crippen LogP contribution in [0, 0.1) is 0 Å². The van der Waals surface area contributed by atoms with Crippen LogP contribution in [0.4, 0.5) is 5.69 Å². The molecule has 0 spiro atoms. The number of amides is 1. The Labute approximate surface area is 92.9 Å². The number of hydrogen-bond acceptors (Lipinski definition) is 2. The maximum Gasteiger partial charge on any atom is 0.250 e. The molecule has 0 aliphatic heterocycles.